The van der Waals surface area contributed by atoms with Crippen LogP contribution in [-0.4, -0.2) is 39.2 Å². The van der Waals surface area contributed by atoms with Gasteiger partial charge < -0.3 is 10.1 Å². The molecule has 0 bridgehead atoms. The van der Waals surface area contributed by atoms with E-state index in [1.54, 1.807) is 13.8 Å². The summed E-state index contributed by atoms with van der Waals surface area (Å²) in [6.45, 7) is 5.63. The molecule has 3 rings (SSSR count). The Morgan fingerprint density at radius 1 is 1.14 bits per heavy atom. The van der Waals surface area contributed by atoms with Gasteiger partial charge in [0.2, 0.25) is 5.91 Å². The van der Waals surface area contributed by atoms with E-state index in [9.17, 15) is 9.59 Å². The molecule has 2 heterocycles. The molecule has 0 aliphatic carbocycles. The highest BCUT2D eigenvalue weighted by atomic mass is 32.2. The maximum absolute atomic E-state index is 12.3. The summed E-state index contributed by atoms with van der Waals surface area (Å²) in [6.07, 6.45) is 0. The number of hydrogen-bond acceptors (Lipinski definition) is 8. The lowest BCUT2D eigenvalue weighted by molar-refractivity contribution is -0.113. The average Bonchev–Trinajstić information content (AvgIpc) is 3.07. The van der Waals surface area contributed by atoms with E-state index in [0.29, 0.717) is 20.9 Å². The summed E-state index contributed by atoms with van der Waals surface area (Å²) in [7, 11) is 0. The van der Waals surface area contributed by atoms with Crippen LogP contribution >= 0.6 is 23.1 Å². The quantitative estimate of drug-likeness (QED) is 0.344. The number of esters is 1. The van der Waals surface area contributed by atoms with Gasteiger partial charge in [-0.2, -0.15) is 0 Å². The molecule has 150 valence electrons. The molecule has 7 nitrogen and oxygen atoms in total. The maximum atomic E-state index is 12.3. The molecule has 1 amide bonds. The Bertz CT molecular complexity index is 1020. The van der Waals surface area contributed by atoms with Crippen molar-refractivity contribution in [2.24, 2.45) is 0 Å². The van der Waals surface area contributed by atoms with Crippen molar-refractivity contribution in [3.63, 3.8) is 0 Å². The third kappa shape index (κ3) is 5.61. The van der Waals surface area contributed by atoms with Crippen molar-refractivity contribution in [2.75, 3.05) is 17.7 Å². The molecule has 1 aromatic carbocycles. The molecule has 0 spiro atoms. The SMILES string of the molecule is CCOC(=O)c1sc(NC(=O)CSc2nc(C)cc(-c3ccccc3)n2)nc1C. The van der Waals surface area contributed by atoms with E-state index >= 15 is 0 Å². The van der Waals surface area contributed by atoms with Crippen LogP contribution in [0.15, 0.2) is 41.6 Å². The van der Waals surface area contributed by atoms with Gasteiger partial charge in [-0.05, 0) is 26.8 Å². The molecule has 0 atom stereocenters. The summed E-state index contributed by atoms with van der Waals surface area (Å²) in [5.74, 6) is -0.546. The molecule has 1 N–H and O–H groups in total. The number of aromatic nitrogens is 3. The first-order valence-electron chi connectivity index (χ1n) is 8.94. The topological polar surface area (TPSA) is 94.1 Å². The zero-order valence-corrected chi connectivity index (χ0v) is 17.9. The lowest BCUT2D eigenvalue weighted by Gasteiger charge is -2.06. The highest BCUT2D eigenvalue weighted by Gasteiger charge is 2.18. The molecule has 0 aliphatic heterocycles. The smallest absolute Gasteiger partial charge is 0.350 e. The van der Waals surface area contributed by atoms with Gasteiger partial charge in [-0.1, -0.05) is 53.4 Å². The average molecular weight is 429 g/mol. The number of amides is 1. The van der Waals surface area contributed by atoms with E-state index in [4.69, 9.17) is 4.74 Å². The maximum Gasteiger partial charge on any atom is 0.350 e. The molecule has 9 heteroatoms. The van der Waals surface area contributed by atoms with E-state index in [2.05, 4.69) is 20.3 Å². The third-order valence-electron chi connectivity index (χ3n) is 3.74. The fraction of sp³-hybridized carbons (Fsp3) is 0.250. The molecule has 0 saturated carbocycles. The van der Waals surface area contributed by atoms with Gasteiger partial charge in [0.05, 0.1) is 23.7 Å². The lowest BCUT2D eigenvalue weighted by atomic mass is 10.1. The number of aryl methyl sites for hydroxylation is 2. The van der Waals surface area contributed by atoms with Gasteiger partial charge in [0.1, 0.15) is 4.88 Å². The zero-order chi connectivity index (χ0) is 20.8. The number of rotatable bonds is 7. The van der Waals surface area contributed by atoms with E-state index in [1.807, 2.05) is 43.3 Å². The number of ether oxygens (including phenoxy) is 1. The second kappa shape index (κ2) is 9.62. The van der Waals surface area contributed by atoms with Crippen molar-refractivity contribution < 1.29 is 14.3 Å². The number of thioether (sulfide) groups is 1. The normalized spacial score (nSPS) is 10.6. The Hall–Kier alpha value is -2.78. The number of benzene rings is 1. The van der Waals surface area contributed by atoms with Crippen molar-refractivity contribution in [1.82, 2.24) is 15.0 Å². The van der Waals surface area contributed by atoms with Crippen molar-refractivity contribution in [3.8, 4) is 11.3 Å². The summed E-state index contributed by atoms with van der Waals surface area (Å²) >= 11 is 2.35. The fourth-order valence-corrected chi connectivity index (χ4v) is 4.06. The number of thiazole rings is 1. The van der Waals surface area contributed by atoms with Gasteiger partial charge in [0.15, 0.2) is 10.3 Å². The fourth-order valence-electron chi connectivity index (χ4n) is 2.48. The highest BCUT2D eigenvalue weighted by molar-refractivity contribution is 7.99. The second-order valence-electron chi connectivity index (χ2n) is 6.03. The van der Waals surface area contributed by atoms with Crippen LogP contribution in [0.25, 0.3) is 11.3 Å². The molecule has 0 radical (unpaired) electrons. The van der Waals surface area contributed by atoms with Crippen molar-refractivity contribution >= 4 is 40.1 Å². The van der Waals surface area contributed by atoms with Crippen LogP contribution in [0.1, 0.15) is 28.0 Å². The van der Waals surface area contributed by atoms with Gasteiger partial charge >= 0.3 is 5.97 Å². The van der Waals surface area contributed by atoms with Gasteiger partial charge in [-0.3, -0.25) is 4.79 Å². The van der Waals surface area contributed by atoms with Crippen LogP contribution < -0.4 is 5.32 Å². The predicted octanol–water partition coefficient (Wildman–Crippen LogP) is 4.12. The van der Waals surface area contributed by atoms with Gasteiger partial charge in [-0.25, -0.2) is 19.7 Å². The molecule has 0 saturated heterocycles. The summed E-state index contributed by atoms with van der Waals surface area (Å²) in [6, 6.07) is 11.7. The zero-order valence-electron chi connectivity index (χ0n) is 16.3. The van der Waals surface area contributed by atoms with Crippen molar-refractivity contribution in [2.45, 2.75) is 25.9 Å². The van der Waals surface area contributed by atoms with Crippen LogP contribution in [0.5, 0.6) is 0 Å². The summed E-state index contributed by atoms with van der Waals surface area (Å²) in [4.78, 5) is 37.7. The van der Waals surface area contributed by atoms with E-state index in [0.717, 1.165) is 28.3 Å². The number of carbonyl (C=O) groups is 2. The molecular formula is C20H20N4O3S2. The Kier molecular flexibility index (Phi) is 6.95. The summed E-state index contributed by atoms with van der Waals surface area (Å²) in [5.41, 5.74) is 3.17. The second-order valence-corrected chi connectivity index (χ2v) is 7.98. The molecule has 2 aromatic heterocycles. The minimum absolute atomic E-state index is 0.130. The predicted molar refractivity (Wildman–Crippen MR) is 114 cm³/mol. The largest absolute Gasteiger partial charge is 0.462 e. The number of nitrogens with one attached hydrogen (secondary N) is 1. The Labute approximate surface area is 177 Å². The van der Waals surface area contributed by atoms with Crippen LogP contribution in [-0.2, 0) is 9.53 Å². The van der Waals surface area contributed by atoms with Crippen LogP contribution in [0.2, 0.25) is 0 Å². The van der Waals surface area contributed by atoms with Crippen molar-refractivity contribution in [1.29, 1.82) is 0 Å². The van der Waals surface area contributed by atoms with Crippen LogP contribution in [0.3, 0.4) is 0 Å². The molecule has 0 fully saturated rings. The van der Waals surface area contributed by atoms with Gasteiger partial charge in [0, 0.05) is 11.3 Å². The summed E-state index contributed by atoms with van der Waals surface area (Å²) < 4.78 is 4.99. The number of carbonyl (C=O) groups excluding carboxylic acids is 2. The van der Waals surface area contributed by atoms with E-state index in [1.165, 1.54) is 11.8 Å². The first kappa shape index (κ1) is 20.9. The minimum atomic E-state index is -0.432. The Morgan fingerprint density at radius 3 is 2.62 bits per heavy atom. The minimum Gasteiger partial charge on any atom is -0.462 e. The van der Waals surface area contributed by atoms with Gasteiger partial charge in [-0.15, -0.1) is 0 Å². The standard InChI is InChI=1S/C20H20N4O3S2/c1-4-27-18(26)17-13(3)22-20(29-17)24-16(25)11-28-19-21-12(2)10-15(23-19)14-8-6-5-7-9-14/h5-10H,4,11H2,1-3H3,(H,22,24,25). The first-order chi connectivity index (χ1) is 14.0. The summed E-state index contributed by atoms with van der Waals surface area (Å²) in [5, 5.41) is 3.61. The monoisotopic (exact) mass is 428 g/mol. The van der Waals surface area contributed by atoms with Crippen molar-refractivity contribution in [3.05, 3.63) is 52.7 Å². The number of nitrogens with zero attached hydrogens (tertiary/aromatic N) is 3. The molecule has 3 aromatic rings. The van der Waals surface area contributed by atoms with E-state index in [-0.39, 0.29) is 18.3 Å². The van der Waals surface area contributed by atoms with Gasteiger partial charge in [0.25, 0.3) is 0 Å². The van der Waals surface area contributed by atoms with Crippen LogP contribution in [0, 0.1) is 13.8 Å². The Morgan fingerprint density at radius 2 is 1.90 bits per heavy atom. The molecule has 0 unspecified atom stereocenters. The molecular weight excluding hydrogens is 408 g/mol. The molecule has 0 aliphatic rings. The van der Waals surface area contributed by atoms with E-state index < -0.39 is 5.97 Å². The highest BCUT2D eigenvalue weighted by Crippen LogP contribution is 2.25. The molecule has 29 heavy (non-hydrogen) atoms. The third-order valence-corrected chi connectivity index (χ3v) is 5.64. The van der Waals surface area contributed by atoms with Crippen LogP contribution in [0.4, 0.5) is 5.13 Å². The first-order valence-corrected chi connectivity index (χ1v) is 10.7. The lowest BCUT2D eigenvalue weighted by Crippen LogP contribution is -2.14. The Balaban J connectivity index is 1.63. The number of anilines is 1. The number of hydrogen-bond donors (Lipinski definition) is 1.